The van der Waals surface area contributed by atoms with Gasteiger partial charge in [-0.2, -0.15) is 0 Å². The molecule has 0 saturated carbocycles. The van der Waals surface area contributed by atoms with Gasteiger partial charge in [0.05, 0.1) is 27.0 Å². The summed E-state index contributed by atoms with van der Waals surface area (Å²) in [6.45, 7) is 0. The fourth-order valence-corrected chi connectivity index (χ4v) is 4.62. The van der Waals surface area contributed by atoms with Crippen molar-refractivity contribution in [3.63, 3.8) is 0 Å². The third kappa shape index (κ3) is 2.87. The van der Waals surface area contributed by atoms with E-state index in [4.69, 9.17) is 39.2 Å². The van der Waals surface area contributed by atoms with Gasteiger partial charge in [0.15, 0.2) is 10.6 Å². The summed E-state index contributed by atoms with van der Waals surface area (Å²) in [5.41, 5.74) is 0.807. The van der Waals surface area contributed by atoms with Crippen LogP contribution in [0.25, 0.3) is 11.0 Å². The maximum absolute atomic E-state index is 13.4. The number of carbonyl (C=O) groups is 1. The Bertz CT molecular complexity index is 1350. The smallest absolute Gasteiger partial charge is 0.297 e. The van der Waals surface area contributed by atoms with Crippen molar-refractivity contribution in [1.82, 2.24) is 4.98 Å². The molecule has 0 N–H and O–H groups in total. The van der Waals surface area contributed by atoms with Crippen LogP contribution in [0.2, 0.25) is 15.1 Å². The third-order valence-corrected chi connectivity index (χ3v) is 6.46. The van der Waals surface area contributed by atoms with E-state index in [1.807, 2.05) is 0 Å². The maximum Gasteiger partial charge on any atom is 0.297 e. The van der Waals surface area contributed by atoms with Crippen LogP contribution in [0.1, 0.15) is 27.7 Å². The van der Waals surface area contributed by atoms with E-state index in [0.29, 0.717) is 36.7 Å². The van der Waals surface area contributed by atoms with Crippen LogP contribution < -0.4 is 10.3 Å². The van der Waals surface area contributed by atoms with Crippen molar-refractivity contribution >= 4 is 68.1 Å². The number of thiazole rings is 1. The zero-order valence-electron chi connectivity index (χ0n) is 14.4. The van der Waals surface area contributed by atoms with Gasteiger partial charge in [-0.15, -0.1) is 11.3 Å². The first kappa shape index (κ1) is 18.6. The highest BCUT2D eigenvalue weighted by atomic mass is 35.5. The van der Waals surface area contributed by atoms with Crippen molar-refractivity contribution in [1.29, 1.82) is 0 Å². The molecule has 5 rings (SSSR count). The number of hydrogen-bond donors (Lipinski definition) is 0. The first-order valence-electron chi connectivity index (χ1n) is 8.40. The molecule has 9 heteroatoms. The first-order valence-corrected chi connectivity index (χ1v) is 10.4. The molecule has 1 aliphatic rings. The molecule has 0 saturated heterocycles. The number of nitrogens with zero attached hydrogens (tertiary/aromatic N) is 2. The van der Waals surface area contributed by atoms with Gasteiger partial charge in [-0.05, 0) is 35.9 Å². The molecule has 1 unspecified atom stereocenters. The van der Waals surface area contributed by atoms with Crippen LogP contribution in [0, 0.1) is 0 Å². The highest BCUT2D eigenvalue weighted by molar-refractivity contribution is 7.13. The lowest BCUT2D eigenvalue weighted by Crippen LogP contribution is -2.29. The average Bonchev–Trinajstić information content (AvgIpc) is 3.32. The molecule has 2 aromatic carbocycles. The summed E-state index contributed by atoms with van der Waals surface area (Å²) in [6.07, 6.45) is 1.59. The highest BCUT2D eigenvalue weighted by Crippen LogP contribution is 2.43. The normalized spacial score (nSPS) is 15.9. The molecule has 144 valence electrons. The van der Waals surface area contributed by atoms with E-state index in [0.717, 1.165) is 0 Å². The Hall–Kier alpha value is -2.38. The molecular weight excluding hydrogens is 455 g/mol. The van der Waals surface area contributed by atoms with Crippen LogP contribution in [0.4, 0.5) is 5.13 Å². The van der Waals surface area contributed by atoms with Crippen LogP contribution in [0.15, 0.2) is 57.2 Å². The molecule has 0 spiro atoms. The van der Waals surface area contributed by atoms with Gasteiger partial charge in [0.1, 0.15) is 5.58 Å². The van der Waals surface area contributed by atoms with Crippen molar-refractivity contribution in [3.05, 3.63) is 90.2 Å². The van der Waals surface area contributed by atoms with Crippen LogP contribution in [-0.2, 0) is 0 Å². The van der Waals surface area contributed by atoms with Crippen molar-refractivity contribution in [2.75, 3.05) is 4.90 Å². The Balaban J connectivity index is 1.84. The minimum atomic E-state index is -0.752. The van der Waals surface area contributed by atoms with E-state index in [9.17, 15) is 9.59 Å². The lowest BCUT2D eigenvalue weighted by molar-refractivity contribution is 0.0971. The minimum Gasteiger partial charge on any atom is -0.450 e. The standard InChI is InChI=1S/C20H9Cl3N2O3S/c21-10-2-4-14-11(8-10)17(26)15-16(9-1-3-12(22)13(23)7-9)25(19(27)18(15)28-14)20-24-5-6-29-20/h1-8,16H. The van der Waals surface area contributed by atoms with Gasteiger partial charge in [0.25, 0.3) is 5.91 Å². The molecule has 1 amide bonds. The van der Waals surface area contributed by atoms with Gasteiger partial charge in [-0.3, -0.25) is 14.5 Å². The molecule has 3 heterocycles. The molecule has 0 radical (unpaired) electrons. The number of anilines is 1. The maximum atomic E-state index is 13.4. The Morgan fingerprint density at radius 3 is 2.59 bits per heavy atom. The molecular formula is C20H9Cl3N2O3S. The van der Waals surface area contributed by atoms with Gasteiger partial charge >= 0.3 is 0 Å². The average molecular weight is 464 g/mol. The van der Waals surface area contributed by atoms with E-state index in [-0.39, 0.29) is 16.8 Å². The van der Waals surface area contributed by atoms with Crippen LogP contribution >= 0.6 is 46.1 Å². The van der Waals surface area contributed by atoms with Crippen LogP contribution in [0.3, 0.4) is 0 Å². The predicted octanol–water partition coefficient (Wildman–Crippen LogP) is 5.96. The SMILES string of the molecule is O=C1c2oc3ccc(Cl)cc3c(=O)c2C(c2ccc(Cl)c(Cl)c2)N1c1nccs1. The molecule has 1 aliphatic heterocycles. The van der Waals surface area contributed by atoms with E-state index in [2.05, 4.69) is 4.98 Å². The number of halogens is 3. The van der Waals surface area contributed by atoms with Crippen LogP contribution in [-0.4, -0.2) is 10.9 Å². The zero-order chi connectivity index (χ0) is 20.3. The van der Waals surface area contributed by atoms with Crippen molar-refractivity contribution < 1.29 is 9.21 Å². The Morgan fingerprint density at radius 2 is 1.86 bits per heavy atom. The fourth-order valence-electron chi connectivity index (χ4n) is 3.48. The summed E-state index contributed by atoms with van der Waals surface area (Å²) in [5.74, 6) is -0.462. The summed E-state index contributed by atoms with van der Waals surface area (Å²) in [6, 6.07) is 8.95. The second-order valence-electron chi connectivity index (χ2n) is 6.38. The topological polar surface area (TPSA) is 63.4 Å². The number of hydrogen-bond acceptors (Lipinski definition) is 5. The minimum absolute atomic E-state index is 0.0175. The van der Waals surface area contributed by atoms with Gasteiger partial charge in [-0.25, -0.2) is 4.98 Å². The van der Waals surface area contributed by atoms with Gasteiger partial charge < -0.3 is 4.42 Å². The number of amides is 1. The number of benzene rings is 2. The lowest BCUT2D eigenvalue weighted by atomic mass is 9.99. The van der Waals surface area contributed by atoms with Crippen LogP contribution in [0.5, 0.6) is 0 Å². The van der Waals surface area contributed by atoms with Gasteiger partial charge in [0, 0.05) is 16.6 Å². The number of fused-ring (bicyclic) bond motifs is 2. The largest absolute Gasteiger partial charge is 0.450 e. The van der Waals surface area contributed by atoms with Crippen molar-refractivity contribution in [3.8, 4) is 0 Å². The monoisotopic (exact) mass is 462 g/mol. The van der Waals surface area contributed by atoms with Crippen molar-refractivity contribution in [2.24, 2.45) is 0 Å². The molecule has 0 bridgehead atoms. The highest BCUT2D eigenvalue weighted by Gasteiger charge is 2.44. The Morgan fingerprint density at radius 1 is 1.03 bits per heavy atom. The zero-order valence-corrected chi connectivity index (χ0v) is 17.4. The second kappa shape index (κ2) is 6.85. The summed E-state index contributed by atoms with van der Waals surface area (Å²) in [7, 11) is 0. The van der Waals surface area contributed by atoms with E-state index < -0.39 is 11.9 Å². The van der Waals surface area contributed by atoms with E-state index in [1.54, 1.807) is 41.9 Å². The van der Waals surface area contributed by atoms with Gasteiger partial charge in [0.2, 0.25) is 5.76 Å². The first-order chi connectivity index (χ1) is 14.0. The van der Waals surface area contributed by atoms with Crippen molar-refractivity contribution in [2.45, 2.75) is 6.04 Å². The molecule has 2 aromatic heterocycles. The molecule has 5 nitrogen and oxygen atoms in total. The summed E-state index contributed by atoms with van der Waals surface area (Å²) in [4.78, 5) is 32.4. The Kier molecular flexibility index (Phi) is 4.40. The summed E-state index contributed by atoms with van der Waals surface area (Å²) >= 11 is 19.6. The summed E-state index contributed by atoms with van der Waals surface area (Å²) < 4.78 is 5.85. The predicted molar refractivity (Wildman–Crippen MR) is 115 cm³/mol. The molecule has 0 aliphatic carbocycles. The van der Waals surface area contributed by atoms with E-state index >= 15 is 0 Å². The van der Waals surface area contributed by atoms with E-state index in [1.165, 1.54) is 22.3 Å². The quantitative estimate of drug-likeness (QED) is 0.368. The molecule has 29 heavy (non-hydrogen) atoms. The number of carbonyl (C=O) groups excluding carboxylic acids is 1. The molecule has 1 atom stereocenters. The third-order valence-electron chi connectivity index (χ3n) is 4.72. The Labute approximate surface area is 183 Å². The lowest BCUT2D eigenvalue weighted by Gasteiger charge is -2.22. The van der Waals surface area contributed by atoms with Gasteiger partial charge in [-0.1, -0.05) is 40.9 Å². The fraction of sp³-hybridized carbons (Fsp3) is 0.0500. The number of aromatic nitrogens is 1. The molecule has 0 fully saturated rings. The second-order valence-corrected chi connectivity index (χ2v) is 8.50. The number of rotatable bonds is 2. The summed E-state index contributed by atoms with van der Waals surface area (Å²) in [5, 5.41) is 3.59. The molecule has 4 aromatic rings.